The highest BCUT2D eigenvalue weighted by Gasteiger charge is 2.37. The van der Waals surface area contributed by atoms with E-state index in [1.54, 1.807) is 23.2 Å². The van der Waals surface area contributed by atoms with E-state index in [1.165, 1.54) is 32.4 Å². The first-order chi connectivity index (χ1) is 18.6. The lowest BCUT2D eigenvalue weighted by Crippen LogP contribution is -2.57. The van der Waals surface area contributed by atoms with Crippen LogP contribution in [0.1, 0.15) is 34.5 Å². The lowest BCUT2D eigenvalue weighted by Gasteiger charge is -2.41. The normalized spacial score (nSPS) is 20.5. The van der Waals surface area contributed by atoms with Gasteiger partial charge in [-0.2, -0.15) is 4.31 Å². The highest BCUT2D eigenvalue weighted by Crippen LogP contribution is 2.38. The van der Waals surface area contributed by atoms with Gasteiger partial charge in [0, 0.05) is 43.2 Å². The number of halogens is 1. The minimum atomic E-state index is -4.01. The van der Waals surface area contributed by atoms with Gasteiger partial charge in [-0.15, -0.1) is 11.3 Å². The van der Waals surface area contributed by atoms with Gasteiger partial charge in [0.1, 0.15) is 5.02 Å². The van der Waals surface area contributed by atoms with Crippen LogP contribution in [0.15, 0.2) is 58.8 Å². The molecule has 0 N–H and O–H groups in total. The number of sulfonamides is 1. The molecule has 1 aromatic heterocycles. The maximum absolute atomic E-state index is 13.5. The Morgan fingerprint density at radius 1 is 1.13 bits per heavy atom. The number of nitro groups is 1. The lowest BCUT2D eigenvalue weighted by molar-refractivity contribution is -0.384. The summed E-state index contributed by atoms with van der Waals surface area (Å²) in [6, 6.07) is 13.5. The quantitative estimate of drug-likeness (QED) is 0.310. The van der Waals surface area contributed by atoms with Gasteiger partial charge >= 0.3 is 0 Å². The van der Waals surface area contributed by atoms with Crippen LogP contribution in [0, 0.1) is 17.0 Å². The topological polar surface area (TPSA) is 104 Å². The fourth-order valence-corrected chi connectivity index (χ4v) is 8.13. The van der Waals surface area contributed by atoms with E-state index in [0.717, 1.165) is 24.6 Å². The maximum atomic E-state index is 13.5. The molecule has 206 valence electrons. The van der Waals surface area contributed by atoms with Crippen LogP contribution in [0.2, 0.25) is 5.02 Å². The van der Waals surface area contributed by atoms with Crippen LogP contribution in [-0.4, -0.2) is 72.1 Å². The number of carbonyl (C=O) groups excluding carboxylic acids is 1. The molecule has 0 saturated carbocycles. The van der Waals surface area contributed by atoms with Crippen molar-refractivity contribution in [1.29, 1.82) is 0 Å². The summed E-state index contributed by atoms with van der Waals surface area (Å²) < 4.78 is 28.0. The van der Waals surface area contributed by atoms with E-state index in [1.807, 2.05) is 0 Å². The fourth-order valence-electron chi connectivity index (χ4n) is 5.40. The van der Waals surface area contributed by atoms with Crippen molar-refractivity contribution < 1.29 is 18.1 Å². The van der Waals surface area contributed by atoms with E-state index in [9.17, 15) is 23.3 Å². The Kier molecular flexibility index (Phi) is 7.80. The number of rotatable bonds is 6. The van der Waals surface area contributed by atoms with Crippen molar-refractivity contribution in [3.63, 3.8) is 0 Å². The third-order valence-electron chi connectivity index (χ3n) is 7.44. The van der Waals surface area contributed by atoms with Gasteiger partial charge < -0.3 is 4.90 Å². The molecule has 0 bridgehead atoms. The SMILES string of the molecule is Cc1ccc([C@H]2c3ccsc3CCN2CC(=O)N2CCN(S(=O)(=O)c3ccc(Cl)c([N+](=O)[O-])c3)[C@@H](C)C2)cc1. The molecule has 2 aliphatic heterocycles. The van der Waals surface area contributed by atoms with E-state index in [2.05, 4.69) is 47.5 Å². The van der Waals surface area contributed by atoms with Crippen LogP contribution in [0.3, 0.4) is 0 Å². The Morgan fingerprint density at radius 2 is 1.87 bits per heavy atom. The summed E-state index contributed by atoms with van der Waals surface area (Å²) >= 11 is 7.62. The molecule has 2 atom stereocenters. The third-order valence-corrected chi connectivity index (χ3v) is 10.8. The number of thiophene rings is 1. The summed E-state index contributed by atoms with van der Waals surface area (Å²) in [6.45, 7) is 5.37. The summed E-state index contributed by atoms with van der Waals surface area (Å²) in [7, 11) is -4.01. The number of hydrogen-bond donors (Lipinski definition) is 0. The molecule has 3 heterocycles. The van der Waals surface area contributed by atoms with Crippen molar-refractivity contribution in [3.8, 4) is 0 Å². The molecule has 9 nitrogen and oxygen atoms in total. The van der Waals surface area contributed by atoms with Crippen molar-refractivity contribution in [2.45, 2.75) is 37.2 Å². The lowest BCUT2D eigenvalue weighted by atomic mass is 9.92. The predicted molar refractivity (Wildman–Crippen MR) is 151 cm³/mol. The number of nitro benzene ring substituents is 1. The van der Waals surface area contributed by atoms with Crippen LogP contribution in [0.4, 0.5) is 5.69 Å². The molecule has 0 unspecified atom stereocenters. The molecule has 0 spiro atoms. The molecular formula is C27H29ClN4O5S2. The summed E-state index contributed by atoms with van der Waals surface area (Å²) in [5.74, 6) is -0.0446. The summed E-state index contributed by atoms with van der Waals surface area (Å²) in [6.07, 6.45) is 0.887. The summed E-state index contributed by atoms with van der Waals surface area (Å²) in [4.78, 5) is 29.2. The maximum Gasteiger partial charge on any atom is 0.289 e. The van der Waals surface area contributed by atoms with E-state index < -0.39 is 26.7 Å². The molecule has 2 aliphatic rings. The molecule has 1 saturated heterocycles. The molecule has 12 heteroatoms. The molecule has 1 amide bonds. The Labute approximate surface area is 236 Å². The minimum Gasteiger partial charge on any atom is -0.339 e. The highest BCUT2D eigenvalue weighted by atomic mass is 35.5. The first-order valence-corrected chi connectivity index (χ1v) is 15.4. The molecule has 2 aromatic carbocycles. The van der Waals surface area contributed by atoms with E-state index in [-0.39, 0.29) is 48.0 Å². The van der Waals surface area contributed by atoms with Crippen molar-refractivity contribution >= 4 is 44.6 Å². The van der Waals surface area contributed by atoms with Gasteiger partial charge in [-0.3, -0.25) is 19.8 Å². The zero-order valence-electron chi connectivity index (χ0n) is 21.6. The number of nitrogens with zero attached hydrogens (tertiary/aromatic N) is 4. The number of aryl methyl sites for hydroxylation is 1. The largest absolute Gasteiger partial charge is 0.339 e. The number of amides is 1. The summed E-state index contributed by atoms with van der Waals surface area (Å²) in [5, 5.41) is 13.2. The van der Waals surface area contributed by atoms with Crippen molar-refractivity contribution in [3.05, 3.63) is 90.6 Å². The van der Waals surface area contributed by atoms with Crippen molar-refractivity contribution in [1.82, 2.24) is 14.1 Å². The molecule has 0 radical (unpaired) electrons. The zero-order valence-corrected chi connectivity index (χ0v) is 24.0. The number of benzene rings is 2. The summed E-state index contributed by atoms with van der Waals surface area (Å²) in [5.41, 5.74) is 3.11. The average molecular weight is 589 g/mol. The van der Waals surface area contributed by atoms with Crippen LogP contribution >= 0.6 is 22.9 Å². The van der Waals surface area contributed by atoms with Gasteiger partial charge in [0.2, 0.25) is 15.9 Å². The first-order valence-electron chi connectivity index (χ1n) is 12.7. The van der Waals surface area contributed by atoms with E-state index in [0.29, 0.717) is 0 Å². The van der Waals surface area contributed by atoms with E-state index in [4.69, 9.17) is 11.6 Å². The van der Waals surface area contributed by atoms with Crippen LogP contribution < -0.4 is 0 Å². The van der Waals surface area contributed by atoms with Crippen LogP contribution in [-0.2, 0) is 21.2 Å². The van der Waals surface area contributed by atoms with Gasteiger partial charge in [-0.25, -0.2) is 8.42 Å². The monoisotopic (exact) mass is 588 g/mol. The molecule has 39 heavy (non-hydrogen) atoms. The molecule has 1 fully saturated rings. The molecule has 5 rings (SSSR count). The minimum absolute atomic E-state index is 0.00987. The Hall–Kier alpha value is -2.83. The number of fused-ring (bicyclic) bond motifs is 1. The van der Waals surface area contributed by atoms with Gasteiger partial charge in [0.25, 0.3) is 5.69 Å². The van der Waals surface area contributed by atoms with Gasteiger partial charge in [-0.1, -0.05) is 41.4 Å². The van der Waals surface area contributed by atoms with Crippen molar-refractivity contribution in [2.24, 2.45) is 0 Å². The van der Waals surface area contributed by atoms with Crippen LogP contribution in [0.25, 0.3) is 0 Å². The third kappa shape index (κ3) is 5.46. The molecular weight excluding hydrogens is 560 g/mol. The second-order valence-corrected chi connectivity index (χ2v) is 13.3. The van der Waals surface area contributed by atoms with Gasteiger partial charge in [0.15, 0.2) is 0 Å². The fraction of sp³-hybridized carbons (Fsp3) is 0.370. The highest BCUT2D eigenvalue weighted by molar-refractivity contribution is 7.89. The van der Waals surface area contributed by atoms with Gasteiger partial charge in [0.05, 0.1) is 22.4 Å². The predicted octanol–water partition coefficient (Wildman–Crippen LogP) is 4.49. The van der Waals surface area contributed by atoms with E-state index >= 15 is 0 Å². The molecule has 0 aliphatic carbocycles. The Morgan fingerprint density at radius 3 is 2.56 bits per heavy atom. The smallest absolute Gasteiger partial charge is 0.289 e. The number of hydrogen-bond acceptors (Lipinski definition) is 7. The number of piperazine rings is 1. The first kappa shape index (κ1) is 27.7. The second kappa shape index (κ2) is 11.0. The average Bonchev–Trinajstić information content (AvgIpc) is 3.38. The zero-order chi connectivity index (χ0) is 27.9. The standard InChI is InChI=1S/C27H29ClN4O5S2/c1-18-3-5-20(6-4-18)27-22-10-14-38-25(22)9-11-30(27)17-26(33)29-12-13-31(19(2)16-29)39(36,37)21-7-8-23(28)24(15-21)32(34)35/h3-8,10,14-15,19,27H,9,11-13,16-17H2,1-2H3/t19-,27-/m0/s1. The second-order valence-electron chi connectivity index (χ2n) is 10.0. The Balaban J connectivity index is 1.30. The Bertz CT molecular complexity index is 1510. The van der Waals surface area contributed by atoms with Crippen molar-refractivity contribution in [2.75, 3.05) is 32.7 Å². The van der Waals surface area contributed by atoms with Crippen LogP contribution in [0.5, 0.6) is 0 Å². The molecule has 3 aromatic rings. The number of carbonyl (C=O) groups is 1. The van der Waals surface area contributed by atoms with Gasteiger partial charge in [-0.05, 0) is 55.0 Å².